The lowest BCUT2D eigenvalue weighted by atomic mass is 10.1. The van der Waals surface area contributed by atoms with E-state index in [-0.39, 0.29) is 0 Å². The Labute approximate surface area is 189 Å². The molecule has 0 aliphatic rings. The van der Waals surface area contributed by atoms with E-state index in [4.69, 9.17) is 11.6 Å². The highest BCUT2D eigenvalue weighted by molar-refractivity contribution is 7.15. The summed E-state index contributed by atoms with van der Waals surface area (Å²) in [5, 5.41) is 4.20. The van der Waals surface area contributed by atoms with Crippen LogP contribution < -0.4 is 0 Å². The van der Waals surface area contributed by atoms with Crippen molar-refractivity contribution in [2.24, 2.45) is 0 Å². The first kappa shape index (κ1) is 19.6. The van der Waals surface area contributed by atoms with E-state index in [0.717, 1.165) is 24.7 Å². The number of aromatic amines is 1. The van der Waals surface area contributed by atoms with Crippen LogP contribution in [-0.4, -0.2) is 9.88 Å². The average molecular weight is 449 g/mol. The maximum Gasteiger partial charge on any atom is 0.0454 e. The van der Waals surface area contributed by atoms with Crippen molar-refractivity contribution >= 4 is 45.2 Å². The van der Waals surface area contributed by atoms with Crippen molar-refractivity contribution in [3.63, 3.8) is 0 Å². The van der Waals surface area contributed by atoms with Gasteiger partial charge in [0.15, 0.2) is 0 Å². The summed E-state index contributed by atoms with van der Waals surface area (Å²) in [4.78, 5) is 9.82. The van der Waals surface area contributed by atoms with Crippen LogP contribution in [0.4, 0.5) is 0 Å². The standard InChI is InChI=1S/C25H21ClN2S2/c26-21-4-1-3-20(14-21)25-9-7-23(30-25)17-28(16-22-5-2-12-29-22)15-18-6-8-24-19(13-18)10-11-27-24/h1-14,27H,15-17H2. The molecule has 0 aliphatic heterocycles. The maximum atomic E-state index is 6.18. The van der Waals surface area contributed by atoms with Gasteiger partial charge in [0, 0.05) is 51.0 Å². The van der Waals surface area contributed by atoms with Gasteiger partial charge in [0.1, 0.15) is 0 Å². The number of rotatable bonds is 7. The van der Waals surface area contributed by atoms with Crippen LogP contribution in [0.15, 0.2) is 84.4 Å². The molecule has 0 amide bonds. The Balaban J connectivity index is 1.38. The molecule has 3 heterocycles. The van der Waals surface area contributed by atoms with E-state index in [1.807, 2.05) is 47.1 Å². The van der Waals surface area contributed by atoms with E-state index in [1.165, 1.54) is 36.7 Å². The number of nitrogens with zero attached hydrogens (tertiary/aromatic N) is 1. The summed E-state index contributed by atoms with van der Waals surface area (Å²) in [6, 6.07) is 25.7. The molecule has 0 spiro atoms. The van der Waals surface area contributed by atoms with Gasteiger partial charge < -0.3 is 4.98 Å². The predicted molar refractivity (Wildman–Crippen MR) is 130 cm³/mol. The van der Waals surface area contributed by atoms with Gasteiger partial charge in [-0.2, -0.15) is 0 Å². The summed E-state index contributed by atoms with van der Waals surface area (Å²) < 4.78 is 0. The molecule has 30 heavy (non-hydrogen) atoms. The molecule has 0 radical (unpaired) electrons. The zero-order valence-corrected chi connectivity index (χ0v) is 18.7. The monoisotopic (exact) mass is 448 g/mol. The Morgan fingerprint density at radius 1 is 0.833 bits per heavy atom. The van der Waals surface area contributed by atoms with Crippen LogP contribution in [0.25, 0.3) is 21.3 Å². The first-order chi connectivity index (χ1) is 14.7. The molecule has 0 aliphatic carbocycles. The van der Waals surface area contributed by atoms with Gasteiger partial charge in [0.05, 0.1) is 0 Å². The SMILES string of the molecule is Clc1cccc(-c2ccc(CN(Cc3ccc4[nH]ccc4c3)Cc3cccs3)s2)c1. The van der Waals surface area contributed by atoms with E-state index >= 15 is 0 Å². The maximum absolute atomic E-state index is 6.18. The number of nitrogens with one attached hydrogen (secondary N) is 1. The van der Waals surface area contributed by atoms with Crippen molar-refractivity contribution in [3.05, 3.63) is 105 Å². The molecular weight excluding hydrogens is 428 g/mol. The summed E-state index contributed by atoms with van der Waals surface area (Å²) >= 11 is 9.85. The van der Waals surface area contributed by atoms with Crippen LogP contribution in [0.2, 0.25) is 5.02 Å². The summed E-state index contributed by atoms with van der Waals surface area (Å²) in [6.07, 6.45) is 2.00. The molecule has 0 saturated carbocycles. The molecule has 5 aromatic rings. The fourth-order valence-corrected chi connectivity index (χ4v) is 5.71. The van der Waals surface area contributed by atoms with Crippen molar-refractivity contribution in [2.75, 3.05) is 0 Å². The molecule has 2 nitrogen and oxygen atoms in total. The van der Waals surface area contributed by atoms with E-state index in [2.05, 4.69) is 69.9 Å². The summed E-state index contributed by atoms with van der Waals surface area (Å²) in [5.41, 5.74) is 3.71. The fraction of sp³-hybridized carbons (Fsp3) is 0.120. The van der Waals surface area contributed by atoms with Crippen molar-refractivity contribution < 1.29 is 0 Å². The molecule has 0 saturated heterocycles. The number of H-pyrrole nitrogens is 1. The van der Waals surface area contributed by atoms with Crippen molar-refractivity contribution in [1.82, 2.24) is 9.88 Å². The molecule has 0 unspecified atom stereocenters. The second-order valence-electron chi connectivity index (χ2n) is 7.40. The molecular formula is C25H21ClN2S2. The Morgan fingerprint density at radius 2 is 1.77 bits per heavy atom. The quantitative estimate of drug-likeness (QED) is 0.269. The first-order valence-electron chi connectivity index (χ1n) is 9.88. The lowest BCUT2D eigenvalue weighted by molar-refractivity contribution is 0.252. The van der Waals surface area contributed by atoms with E-state index in [0.29, 0.717) is 0 Å². The minimum Gasteiger partial charge on any atom is -0.361 e. The zero-order valence-electron chi connectivity index (χ0n) is 16.3. The highest BCUT2D eigenvalue weighted by Gasteiger charge is 2.12. The average Bonchev–Trinajstić information content (AvgIpc) is 3.50. The van der Waals surface area contributed by atoms with Crippen LogP contribution >= 0.6 is 34.3 Å². The Bertz CT molecular complexity index is 1250. The number of aromatic nitrogens is 1. The number of fused-ring (bicyclic) bond motifs is 1. The molecule has 150 valence electrons. The largest absolute Gasteiger partial charge is 0.361 e. The fourth-order valence-electron chi connectivity index (χ4n) is 3.73. The minimum atomic E-state index is 0.780. The predicted octanol–water partition coefficient (Wildman–Crippen LogP) is 7.81. The molecule has 5 rings (SSSR count). The molecule has 0 atom stereocenters. The second-order valence-corrected chi connectivity index (χ2v) is 10.0. The lowest BCUT2D eigenvalue weighted by Gasteiger charge is -2.21. The molecule has 3 aromatic heterocycles. The highest BCUT2D eigenvalue weighted by atomic mass is 35.5. The zero-order chi connectivity index (χ0) is 20.3. The second kappa shape index (κ2) is 8.78. The van der Waals surface area contributed by atoms with Gasteiger partial charge in [-0.15, -0.1) is 22.7 Å². The molecule has 2 aromatic carbocycles. The third kappa shape index (κ3) is 4.52. The van der Waals surface area contributed by atoms with Crippen LogP contribution in [0.5, 0.6) is 0 Å². The molecule has 0 fully saturated rings. The summed E-state index contributed by atoms with van der Waals surface area (Å²) in [6.45, 7) is 2.80. The van der Waals surface area contributed by atoms with Gasteiger partial charge in [-0.25, -0.2) is 0 Å². The van der Waals surface area contributed by atoms with Crippen LogP contribution in [0, 0.1) is 0 Å². The topological polar surface area (TPSA) is 19.0 Å². The van der Waals surface area contributed by atoms with Crippen molar-refractivity contribution in [2.45, 2.75) is 19.6 Å². The van der Waals surface area contributed by atoms with Gasteiger partial charge in [-0.05, 0) is 70.4 Å². The summed E-state index contributed by atoms with van der Waals surface area (Å²) in [7, 11) is 0. The minimum absolute atomic E-state index is 0.780. The van der Waals surface area contributed by atoms with Crippen LogP contribution in [-0.2, 0) is 19.6 Å². The van der Waals surface area contributed by atoms with E-state index in [1.54, 1.807) is 0 Å². The van der Waals surface area contributed by atoms with Crippen LogP contribution in [0.3, 0.4) is 0 Å². The van der Waals surface area contributed by atoms with Gasteiger partial charge in [-0.3, -0.25) is 4.90 Å². The molecule has 5 heteroatoms. The Morgan fingerprint density at radius 3 is 2.63 bits per heavy atom. The van der Waals surface area contributed by atoms with Gasteiger partial charge >= 0.3 is 0 Å². The van der Waals surface area contributed by atoms with Gasteiger partial charge in [-0.1, -0.05) is 35.9 Å². The number of benzene rings is 2. The molecule has 1 N–H and O–H groups in total. The first-order valence-corrected chi connectivity index (χ1v) is 12.0. The number of hydrogen-bond acceptors (Lipinski definition) is 3. The highest BCUT2D eigenvalue weighted by Crippen LogP contribution is 2.31. The summed E-state index contributed by atoms with van der Waals surface area (Å²) in [5.74, 6) is 0. The van der Waals surface area contributed by atoms with E-state index in [9.17, 15) is 0 Å². The smallest absolute Gasteiger partial charge is 0.0454 e. The van der Waals surface area contributed by atoms with Gasteiger partial charge in [0.25, 0.3) is 0 Å². The van der Waals surface area contributed by atoms with E-state index < -0.39 is 0 Å². The third-order valence-corrected chi connectivity index (χ3v) is 7.35. The molecule has 0 bridgehead atoms. The van der Waals surface area contributed by atoms with Crippen molar-refractivity contribution in [3.8, 4) is 10.4 Å². The Hall–Kier alpha value is -2.37. The third-order valence-electron chi connectivity index (χ3n) is 5.13. The number of hydrogen-bond donors (Lipinski definition) is 1. The normalized spacial score (nSPS) is 11.5. The van der Waals surface area contributed by atoms with Gasteiger partial charge in [0.2, 0.25) is 0 Å². The number of thiophene rings is 2. The lowest BCUT2D eigenvalue weighted by Crippen LogP contribution is -2.21. The Kier molecular flexibility index (Phi) is 5.73. The van der Waals surface area contributed by atoms with Crippen molar-refractivity contribution in [1.29, 1.82) is 0 Å². The number of halogens is 1. The van der Waals surface area contributed by atoms with Crippen LogP contribution in [0.1, 0.15) is 15.3 Å².